The Morgan fingerprint density at radius 1 is 1.11 bits per heavy atom. The van der Waals surface area contributed by atoms with Gasteiger partial charge in [0.2, 0.25) is 0 Å². The maximum absolute atomic E-state index is 12.5. The summed E-state index contributed by atoms with van der Waals surface area (Å²) in [5, 5.41) is 0.855. The van der Waals surface area contributed by atoms with Crippen molar-refractivity contribution >= 4 is 21.6 Å². The van der Waals surface area contributed by atoms with Gasteiger partial charge >= 0.3 is 6.18 Å². The Kier molecular flexibility index (Phi) is 4.76. The lowest BCUT2D eigenvalue weighted by molar-refractivity contribution is -0.137. The summed E-state index contributed by atoms with van der Waals surface area (Å²) in [5.74, 6) is 0. The molecular weight excluding hydrogens is 319 g/mol. The summed E-state index contributed by atoms with van der Waals surface area (Å²) >= 11 is 3.51. The Bertz CT molecular complexity index is 402. The summed E-state index contributed by atoms with van der Waals surface area (Å²) in [6.45, 7) is 0.918. The minimum absolute atomic E-state index is 0.374. The first-order valence-electron chi connectivity index (χ1n) is 6.52. The van der Waals surface area contributed by atoms with Crippen molar-refractivity contribution in [1.29, 1.82) is 0 Å². The van der Waals surface area contributed by atoms with Crippen molar-refractivity contribution in [2.24, 2.45) is 0 Å². The molecule has 0 aliphatic carbocycles. The van der Waals surface area contributed by atoms with Gasteiger partial charge in [-0.05, 0) is 37.1 Å². The summed E-state index contributed by atoms with van der Waals surface area (Å²) in [6, 6.07) is 5.89. The van der Waals surface area contributed by atoms with Crippen molar-refractivity contribution in [3.8, 4) is 0 Å². The van der Waals surface area contributed by atoms with Gasteiger partial charge in [0, 0.05) is 23.6 Å². The largest absolute Gasteiger partial charge is 0.416 e. The zero-order valence-corrected chi connectivity index (χ0v) is 12.2. The summed E-state index contributed by atoms with van der Waals surface area (Å²) in [7, 11) is 0. The molecule has 1 aromatic rings. The van der Waals surface area contributed by atoms with Gasteiger partial charge in [-0.1, -0.05) is 28.8 Å². The molecule has 0 bridgehead atoms. The Morgan fingerprint density at radius 2 is 1.79 bits per heavy atom. The third-order valence-electron chi connectivity index (χ3n) is 3.58. The molecule has 1 fully saturated rings. The zero-order chi connectivity index (χ0) is 13.9. The van der Waals surface area contributed by atoms with Gasteiger partial charge < -0.3 is 4.90 Å². The predicted molar refractivity (Wildman–Crippen MR) is 74.8 cm³/mol. The monoisotopic (exact) mass is 335 g/mol. The molecule has 1 unspecified atom stereocenters. The number of nitrogens with zero attached hydrogens (tertiary/aromatic N) is 1. The Morgan fingerprint density at radius 3 is 2.37 bits per heavy atom. The second-order valence-electron chi connectivity index (χ2n) is 4.90. The average molecular weight is 336 g/mol. The van der Waals surface area contributed by atoms with Crippen LogP contribution in [-0.4, -0.2) is 17.9 Å². The fourth-order valence-electron chi connectivity index (χ4n) is 2.52. The highest BCUT2D eigenvalue weighted by Crippen LogP contribution is 2.32. The summed E-state index contributed by atoms with van der Waals surface area (Å²) < 4.78 is 37.6. The Hall–Kier alpha value is -0.710. The molecule has 1 heterocycles. The van der Waals surface area contributed by atoms with Crippen LogP contribution in [-0.2, 0) is 6.18 Å². The highest BCUT2D eigenvalue weighted by Gasteiger charge is 2.30. The number of alkyl halides is 4. The van der Waals surface area contributed by atoms with E-state index in [1.807, 2.05) is 0 Å². The Labute approximate surface area is 119 Å². The van der Waals surface area contributed by atoms with E-state index in [-0.39, 0.29) is 0 Å². The van der Waals surface area contributed by atoms with Crippen molar-refractivity contribution < 1.29 is 13.2 Å². The number of benzene rings is 1. The topological polar surface area (TPSA) is 3.24 Å². The van der Waals surface area contributed by atoms with Crippen LogP contribution in [0.15, 0.2) is 24.3 Å². The van der Waals surface area contributed by atoms with Gasteiger partial charge in [0.15, 0.2) is 0 Å². The third kappa shape index (κ3) is 3.65. The number of hydrogen-bond acceptors (Lipinski definition) is 1. The van der Waals surface area contributed by atoms with E-state index >= 15 is 0 Å². The van der Waals surface area contributed by atoms with Crippen LogP contribution >= 0.6 is 15.9 Å². The second kappa shape index (κ2) is 6.16. The zero-order valence-electron chi connectivity index (χ0n) is 10.6. The average Bonchev–Trinajstić information content (AvgIpc) is 2.62. The lowest BCUT2D eigenvalue weighted by Crippen LogP contribution is -2.36. The molecule has 0 spiro atoms. The van der Waals surface area contributed by atoms with Crippen LogP contribution in [0, 0.1) is 0 Å². The van der Waals surface area contributed by atoms with Gasteiger partial charge in [0.05, 0.1) is 5.56 Å². The van der Waals surface area contributed by atoms with E-state index in [1.54, 1.807) is 12.1 Å². The van der Waals surface area contributed by atoms with Gasteiger partial charge in [-0.25, -0.2) is 0 Å². The minimum Gasteiger partial charge on any atom is -0.368 e. The molecule has 0 aromatic heterocycles. The molecule has 0 saturated carbocycles. The fourth-order valence-corrected chi connectivity index (χ4v) is 3.19. The van der Waals surface area contributed by atoms with E-state index < -0.39 is 11.7 Å². The maximum Gasteiger partial charge on any atom is 0.416 e. The molecule has 0 amide bonds. The molecular formula is C14H17BrF3N. The highest BCUT2D eigenvalue weighted by molar-refractivity contribution is 9.09. The van der Waals surface area contributed by atoms with Crippen molar-refractivity contribution in [3.63, 3.8) is 0 Å². The maximum atomic E-state index is 12.5. The van der Waals surface area contributed by atoms with E-state index in [4.69, 9.17) is 0 Å². The van der Waals surface area contributed by atoms with Crippen LogP contribution in [0.5, 0.6) is 0 Å². The SMILES string of the molecule is FC(F)(F)c1ccc(N2CCCCCC2CBr)cc1. The molecule has 1 aromatic carbocycles. The van der Waals surface area contributed by atoms with Crippen LogP contribution < -0.4 is 4.90 Å². The van der Waals surface area contributed by atoms with Crippen molar-refractivity contribution in [2.45, 2.75) is 37.9 Å². The van der Waals surface area contributed by atoms with Gasteiger partial charge in [-0.3, -0.25) is 0 Å². The number of halogens is 4. The third-order valence-corrected chi connectivity index (χ3v) is 4.33. The Balaban J connectivity index is 2.19. The minimum atomic E-state index is -4.26. The smallest absolute Gasteiger partial charge is 0.368 e. The molecule has 2 rings (SSSR count). The lowest BCUT2D eigenvalue weighted by Gasteiger charge is -2.31. The van der Waals surface area contributed by atoms with Crippen LogP contribution in [0.3, 0.4) is 0 Å². The first kappa shape index (κ1) is 14.7. The summed E-state index contributed by atoms with van der Waals surface area (Å²) in [5.41, 5.74) is 0.306. The fraction of sp³-hybridized carbons (Fsp3) is 0.571. The van der Waals surface area contributed by atoms with Gasteiger partial charge in [-0.2, -0.15) is 13.2 Å². The van der Waals surface area contributed by atoms with Crippen molar-refractivity contribution in [1.82, 2.24) is 0 Å². The number of anilines is 1. The predicted octanol–water partition coefficient (Wildman–Crippen LogP) is 4.85. The van der Waals surface area contributed by atoms with Gasteiger partial charge in [-0.15, -0.1) is 0 Å². The van der Waals surface area contributed by atoms with E-state index in [1.165, 1.54) is 25.0 Å². The normalized spacial score (nSPS) is 21.3. The molecule has 0 radical (unpaired) electrons. The molecule has 19 heavy (non-hydrogen) atoms. The van der Waals surface area contributed by atoms with E-state index in [2.05, 4.69) is 20.8 Å². The molecule has 0 N–H and O–H groups in total. The number of hydrogen-bond donors (Lipinski definition) is 0. The molecule has 1 aliphatic rings. The molecule has 5 heteroatoms. The summed E-state index contributed by atoms with van der Waals surface area (Å²) in [6.07, 6.45) is 0.316. The van der Waals surface area contributed by atoms with Crippen LogP contribution in [0.4, 0.5) is 18.9 Å². The van der Waals surface area contributed by atoms with Crippen molar-refractivity contribution in [2.75, 3.05) is 16.8 Å². The molecule has 1 atom stereocenters. The second-order valence-corrected chi connectivity index (χ2v) is 5.54. The summed E-state index contributed by atoms with van der Waals surface area (Å²) in [4.78, 5) is 2.22. The molecule has 106 valence electrons. The molecule has 1 aliphatic heterocycles. The van der Waals surface area contributed by atoms with Crippen LogP contribution in [0.1, 0.15) is 31.2 Å². The van der Waals surface area contributed by atoms with Crippen LogP contribution in [0.25, 0.3) is 0 Å². The van der Waals surface area contributed by atoms with Gasteiger partial charge in [0.1, 0.15) is 0 Å². The quantitative estimate of drug-likeness (QED) is 0.698. The first-order valence-corrected chi connectivity index (χ1v) is 7.64. The number of rotatable bonds is 2. The van der Waals surface area contributed by atoms with Crippen LogP contribution in [0.2, 0.25) is 0 Å². The standard InChI is InChI=1S/C14H17BrF3N/c15-10-13-4-2-1-3-9-19(13)12-7-5-11(6-8-12)14(16,17)18/h5-8,13H,1-4,9-10H2. The lowest BCUT2D eigenvalue weighted by atomic mass is 10.1. The highest BCUT2D eigenvalue weighted by atomic mass is 79.9. The molecule has 1 nitrogen and oxygen atoms in total. The first-order chi connectivity index (χ1) is 9.02. The van der Waals surface area contributed by atoms with E-state index in [0.717, 1.165) is 30.4 Å². The van der Waals surface area contributed by atoms with E-state index in [9.17, 15) is 13.2 Å². The van der Waals surface area contributed by atoms with Gasteiger partial charge in [0.25, 0.3) is 0 Å². The molecule has 1 saturated heterocycles. The van der Waals surface area contributed by atoms with Crippen molar-refractivity contribution in [3.05, 3.63) is 29.8 Å². The van der Waals surface area contributed by atoms with E-state index in [0.29, 0.717) is 6.04 Å².